The Bertz CT molecular complexity index is 488. The third-order valence-corrected chi connectivity index (χ3v) is 2.48. The van der Waals surface area contributed by atoms with Crippen LogP contribution < -0.4 is 16.4 Å². The fraction of sp³-hybridized carbons (Fsp3) is 0.364. The predicted molar refractivity (Wildman–Crippen MR) is 62.1 cm³/mol. The van der Waals surface area contributed by atoms with Crippen molar-refractivity contribution < 1.29 is 14.0 Å². The van der Waals surface area contributed by atoms with E-state index in [9.17, 15) is 14.0 Å². The highest BCUT2D eigenvalue weighted by Crippen LogP contribution is 2.18. The van der Waals surface area contributed by atoms with Gasteiger partial charge in [0.25, 0.3) is 5.91 Å². The topological polar surface area (TPSA) is 97.1 Å². The Hall–Kier alpha value is -2.18. The maximum atomic E-state index is 12.9. The van der Waals surface area contributed by atoms with Gasteiger partial charge >= 0.3 is 0 Å². The number of halogens is 1. The molecule has 0 atom stereocenters. The van der Waals surface area contributed by atoms with Gasteiger partial charge in [-0.15, -0.1) is 0 Å². The van der Waals surface area contributed by atoms with Crippen LogP contribution in [0.1, 0.15) is 23.2 Å². The molecule has 18 heavy (non-hydrogen) atoms. The van der Waals surface area contributed by atoms with Crippen molar-refractivity contribution in [3.63, 3.8) is 0 Å². The molecule has 0 aliphatic heterocycles. The number of hydrogen-bond acceptors (Lipinski definition) is 4. The molecular formula is C11H13FN4O2. The molecule has 1 aliphatic rings. The van der Waals surface area contributed by atoms with Gasteiger partial charge in [0.1, 0.15) is 11.6 Å². The lowest BCUT2D eigenvalue weighted by Crippen LogP contribution is -2.38. The largest absolute Gasteiger partial charge is 0.383 e. The number of pyridine rings is 1. The van der Waals surface area contributed by atoms with E-state index in [4.69, 9.17) is 5.73 Å². The van der Waals surface area contributed by atoms with E-state index in [1.54, 1.807) is 0 Å². The SMILES string of the molecule is Nc1ncc(F)cc1C(=O)NCC(=O)NC1CC1. The normalized spacial score (nSPS) is 14.1. The van der Waals surface area contributed by atoms with Crippen LogP contribution in [0, 0.1) is 5.82 Å². The van der Waals surface area contributed by atoms with E-state index < -0.39 is 11.7 Å². The van der Waals surface area contributed by atoms with Crippen molar-refractivity contribution >= 4 is 17.6 Å². The molecule has 0 radical (unpaired) electrons. The number of nitrogen functional groups attached to an aromatic ring is 1. The molecule has 0 bridgehead atoms. The van der Waals surface area contributed by atoms with E-state index >= 15 is 0 Å². The summed E-state index contributed by atoms with van der Waals surface area (Å²) < 4.78 is 12.9. The van der Waals surface area contributed by atoms with E-state index in [-0.39, 0.29) is 29.9 Å². The standard InChI is InChI=1S/C11H13FN4O2/c12-6-3-8(10(13)14-4-6)11(18)15-5-9(17)16-7-1-2-7/h3-4,7H,1-2,5H2,(H2,13,14)(H,15,18)(H,16,17). The highest BCUT2D eigenvalue weighted by atomic mass is 19.1. The number of carbonyl (C=O) groups excluding carboxylic acids is 2. The maximum absolute atomic E-state index is 12.9. The van der Waals surface area contributed by atoms with Crippen LogP contribution in [0.4, 0.5) is 10.2 Å². The summed E-state index contributed by atoms with van der Waals surface area (Å²) in [6.07, 6.45) is 2.87. The third kappa shape index (κ3) is 3.16. The van der Waals surface area contributed by atoms with Crippen LogP contribution in [0.2, 0.25) is 0 Å². The van der Waals surface area contributed by atoms with Gasteiger partial charge in [0.15, 0.2) is 0 Å². The number of anilines is 1. The maximum Gasteiger partial charge on any atom is 0.255 e. The van der Waals surface area contributed by atoms with Crippen LogP contribution in [-0.4, -0.2) is 29.4 Å². The molecule has 4 N–H and O–H groups in total. The summed E-state index contributed by atoms with van der Waals surface area (Å²) in [5.41, 5.74) is 5.37. The molecule has 1 heterocycles. The number of amides is 2. The lowest BCUT2D eigenvalue weighted by atomic mass is 10.2. The zero-order chi connectivity index (χ0) is 13.1. The lowest BCUT2D eigenvalue weighted by molar-refractivity contribution is -0.120. The lowest BCUT2D eigenvalue weighted by Gasteiger charge is -2.07. The molecule has 1 aromatic heterocycles. The van der Waals surface area contributed by atoms with Crippen LogP contribution in [0.5, 0.6) is 0 Å². The number of rotatable bonds is 4. The van der Waals surface area contributed by atoms with Crippen molar-refractivity contribution in [3.8, 4) is 0 Å². The Balaban J connectivity index is 1.90. The summed E-state index contributed by atoms with van der Waals surface area (Å²) in [7, 11) is 0. The van der Waals surface area contributed by atoms with Crippen molar-refractivity contribution in [2.24, 2.45) is 0 Å². The number of nitrogens with zero attached hydrogens (tertiary/aromatic N) is 1. The van der Waals surface area contributed by atoms with E-state index in [2.05, 4.69) is 15.6 Å². The molecule has 2 rings (SSSR count). The molecule has 0 unspecified atom stereocenters. The van der Waals surface area contributed by atoms with Gasteiger partial charge in [-0.1, -0.05) is 0 Å². The van der Waals surface area contributed by atoms with Gasteiger partial charge in [0.05, 0.1) is 18.3 Å². The minimum absolute atomic E-state index is 0.0727. The van der Waals surface area contributed by atoms with Gasteiger partial charge in [-0.05, 0) is 18.9 Å². The van der Waals surface area contributed by atoms with Crippen molar-refractivity contribution in [1.29, 1.82) is 0 Å². The monoisotopic (exact) mass is 252 g/mol. The molecule has 2 amide bonds. The molecule has 96 valence electrons. The van der Waals surface area contributed by atoms with E-state index in [0.717, 1.165) is 25.1 Å². The quantitative estimate of drug-likeness (QED) is 0.692. The van der Waals surface area contributed by atoms with Crippen molar-refractivity contribution in [3.05, 3.63) is 23.6 Å². The summed E-state index contributed by atoms with van der Waals surface area (Å²) in [6.45, 7) is -0.161. The summed E-state index contributed by atoms with van der Waals surface area (Å²) in [4.78, 5) is 26.5. The van der Waals surface area contributed by atoms with Crippen LogP contribution >= 0.6 is 0 Å². The summed E-state index contributed by atoms with van der Waals surface area (Å²) >= 11 is 0. The van der Waals surface area contributed by atoms with Crippen LogP contribution in [0.15, 0.2) is 12.3 Å². The van der Waals surface area contributed by atoms with Crippen LogP contribution in [0.25, 0.3) is 0 Å². The molecule has 6 nitrogen and oxygen atoms in total. The molecule has 0 aromatic carbocycles. The minimum atomic E-state index is -0.656. The Morgan fingerprint density at radius 3 is 2.89 bits per heavy atom. The second-order valence-electron chi connectivity index (χ2n) is 4.11. The summed E-state index contributed by atoms with van der Waals surface area (Å²) in [5, 5.41) is 5.07. The fourth-order valence-electron chi connectivity index (χ4n) is 1.39. The van der Waals surface area contributed by atoms with E-state index in [1.807, 2.05) is 0 Å². The average molecular weight is 252 g/mol. The second kappa shape index (κ2) is 4.99. The average Bonchev–Trinajstić information content (AvgIpc) is 3.13. The Morgan fingerprint density at radius 2 is 2.22 bits per heavy atom. The van der Waals surface area contributed by atoms with Gasteiger partial charge in [0.2, 0.25) is 5.91 Å². The summed E-state index contributed by atoms with van der Waals surface area (Å²) in [5.74, 6) is -1.62. The number of hydrogen-bond donors (Lipinski definition) is 3. The zero-order valence-corrected chi connectivity index (χ0v) is 9.57. The Labute approximate surface area is 103 Å². The van der Waals surface area contributed by atoms with E-state index in [0.29, 0.717) is 0 Å². The van der Waals surface area contributed by atoms with E-state index in [1.165, 1.54) is 0 Å². The van der Waals surface area contributed by atoms with Crippen molar-refractivity contribution in [1.82, 2.24) is 15.6 Å². The Morgan fingerprint density at radius 1 is 1.50 bits per heavy atom. The first-order chi connectivity index (χ1) is 8.56. The molecule has 1 fully saturated rings. The Kier molecular flexibility index (Phi) is 3.40. The number of nitrogens with one attached hydrogen (secondary N) is 2. The first kappa shape index (κ1) is 12.3. The minimum Gasteiger partial charge on any atom is -0.383 e. The molecule has 1 aromatic rings. The molecule has 7 heteroatoms. The van der Waals surface area contributed by atoms with Crippen LogP contribution in [-0.2, 0) is 4.79 Å². The third-order valence-electron chi connectivity index (χ3n) is 2.48. The van der Waals surface area contributed by atoms with Gasteiger partial charge in [0, 0.05) is 6.04 Å². The number of nitrogens with two attached hydrogens (primary N) is 1. The smallest absolute Gasteiger partial charge is 0.255 e. The van der Waals surface area contributed by atoms with Crippen molar-refractivity contribution in [2.45, 2.75) is 18.9 Å². The molecular weight excluding hydrogens is 239 g/mol. The molecule has 1 saturated carbocycles. The second-order valence-corrected chi connectivity index (χ2v) is 4.11. The highest BCUT2D eigenvalue weighted by Gasteiger charge is 2.23. The first-order valence-electron chi connectivity index (χ1n) is 5.55. The molecule has 0 spiro atoms. The summed E-state index contributed by atoms with van der Waals surface area (Å²) in [6, 6.07) is 1.21. The van der Waals surface area contributed by atoms with Gasteiger partial charge in [-0.2, -0.15) is 0 Å². The number of carbonyl (C=O) groups is 2. The van der Waals surface area contributed by atoms with Gasteiger partial charge in [-0.25, -0.2) is 9.37 Å². The zero-order valence-electron chi connectivity index (χ0n) is 9.57. The van der Waals surface area contributed by atoms with Gasteiger partial charge in [-0.3, -0.25) is 9.59 Å². The number of aromatic nitrogens is 1. The van der Waals surface area contributed by atoms with Gasteiger partial charge < -0.3 is 16.4 Å². The molecule has 1 aliphatic carbocycles. The van der Waals surface area contributed by atoms with Crippen LogP contribution in [0.3, 0.4) is 0 Å². The molecule has 0 saturated heterocycles. The first-order valence-corrected chi connectivity index (χ1v) is 5.55. The highest BCUT2D eigenvalue weighted by molar-refractivity contribution is 5.99. The van der Waals surface area contributed by atoms with Crippen molar-refractivity contribution in [2.75, 3.05) is 12.3 Å². The fourth-order valence-corrected chi connectivity index (χ4v) is 1.39. The predicted octanol–water partition coefficient (Wildman–Crippen LogP) is -0.189.